The van der Waals surface area contributed by atoms with Gasteiger partial charge in [0.25, 0.3) is 0 Å². The molecule has 0 saturated carbocycles. The molecule has 2 fully saturated rings. The second-order valence-corrected chi connectivity index (χ2v) is 10.0. The molecule has 134 valence electrons. The number of ether oxygens (including phenoxy) is 1. The average Bonchev–Trinajstić information content (AvgIpc) is 2.69. The van der Waals surface area contributed by atoms with Gasteiger partial charge in [-0.3, -0.25) is 9.09 Å². The first kappa shape index (κ1) is 18.5. The lowest BCUT2D eigenvalue weighted by Crippen LogP contribution is -2.43. The Labute approximate surface area is 153 Å². The van der Waals surface area contributed by atoms with Crippen LogP contribution in [0.4, 0.5) is 5.82 Å². The maximum Gasteiger partial charge on any atom is 0.351 e. The summed E-state index contributed by atoms with van der Waals surface area (Å²) in [5, 5.41) is 0. The van der Waals surface area contributed by atoms with Crippen molar-refractivity contribution < 1.29 is 18.3 Å². The summed E-state index contributed by atoms with van der Waals surface area (Å²) < 4.78 is 22.2. The van der Waals surface area contributed by atoms with Crippen molar-refractivity contribution >= 4 is 47.5 Å². The number of nitrogens with zero attached hydrogens (tertiary/aromatic N) is 2. The quantitative estimate of drug-likeness (QED) is 0.590. The van der Waals surface area contributed by atoms with Gasteiger partial charge in [-0.15, -0.1) is 0 Å². The predicted molar refractivity (Wildman–Crippen MR) is 92.6 cm³/mol. The monoisotopic (exact) mass is 415 g/mol. The third kappa shape index (κ3) is 3.37. The van der Waals surface area contributed by atoms with Crippen molar-refractivity contribution in [3.05, 3.63) is 22.7 Å². The molecule has 0 aromatic carbocycles. The Kier molecular flexibility index (Phi) is 5.01. The number of hydrogen-bond donors (Lipinski definition) is 1. The molecule has 2 saturated heterocycles. The summed E-state index contributed by atoms with van der Waals surface area (Å²) in [6.07, 6.45) is -1.21. The number of nitrogens with two attached hydrogens (primary N) is 1. The van der Waals surface area contributed by atoms with E-state index >= 15 is 0 Å². The molecule has 1 unspecified atom stereocenters. The minimum Gasteiger partial charge on any atom is -0.383 e. The zero-order chi connectivity index (χ0) is 17.7. The second-order valence-electron chi connectivity index (χ2n) is 5.67. The van der Waals surface area contributed by atoms with E-state index < -0.39 is 35.2 Å². The van der Waals surface area contributed by atoms with Crippen molar-refractivity contribution in [2.75, 3.05) is 12.3 Å². The van der Waals surface area contributed by atoms with Crippen LogP contribution in [0.2, 0.25) is 0 Å². The minimum atomic E-state index is -3.00. The van der Waals surface area contributed by atoms with Crippen molar-refractivity contribution in [2.45, 2.75) is 42.7 Å². The van der Waals surface area contributed by atoms with E-state index in [0.717, 1.165) is 4.57 Å². The van der Waals surface area contributed by atoms with Crippen LogP contribution in [0.25, 0.3) is 0 Å². The summed E-state index contributed by atoms with van der Waals surface area (Å²) in [5.74, 6) is 0.0850. The highest BCUT2D eigenvalue weighted by Gasteiger charge is 2.61. The summed E-state index contributed by atoms with van der Waals surface area (Å²) in [5.41, 5.74) is 4.85. The van der Waals surface area contributed by atoms with Crippen molar-refractivity contribution in [3.63, 3.8) is 0 Å². The molecule has 12 heteroatoms. The Balaban J connectivity index is 1.90. The highest BCUT2D eigenvalue weighted by molar-refractivity contribution is 8.07. The number of aromatic nitrogens is 2. The van der Waals surface area contributed by atoms with Gasteiger partial charge in [0, 0.05) is 6.20 Å². The molecule has 3 rings (SSSR count). The van der Waals surface area contributed by atoms with Crippen molar-refractivity contribution in [1.82, 2.24) is 9.55 Å². The van der Waals surface area contributed by atoms with E-state index in [9.17, 15) is 4.79 Å². The number of alkyl halides is 2. The van der Waals surface area contributed by atoms with E-state index in [1.54, 1.807) is 0 Å². The van der Waals surface area contributed by atoms with E-state index in [-0.39, 0.29) is 18.5 Å². The van der Waals surface area contributed by atoms with Gasteiger partial charge in [0.2, 0.25) is 0 Å². The molecule has 0 amide bonds. The van der Waals surface area contributed by atoms with Gasteiger partial charge in [-0.1, -0.05) is 23.2 Å². The fraction of sp³-hybridized carbons (Fsp3) is 0.667. The minimum absolute atomic E-state index is 0.0850. The Bertz CT molecular complexity index is 746. The van der Waals surface area contributed by atoms with Crippen LogP contribution in [0.3, 0.4) is 0 Å². The number of halogens is 2. The van der Waals surface area contributed by atoms with E-state index in [1.165, 1.54) is 12.3 Å². The molecule has 2 N–H and O–H groups in total. The molecule has 0 radical (unpaired) electrons. The first-order valence-electron chi connectivity index (χ1n) is 7.12. The molecular formula is C12H16Cl2N3O5PS. The fourth-order valence-electron chi connectivity index (χ4n) is 2.48. The van der Waals surface area contributed by atoms with Gasteiger partial charge in [0.1, 0.15) is 18.0 Å². The third-order valence-corrected chi connectivity index (χ3v) is 6.70. The Morgan fingerprint density at radius 2 is 2.29 bits per heavy atom. The van der Waals surface area contributed by atoms with Crippen LogP contribution in [0.1, 0.15) is 20.1 Å². The molecule has 3 heterocycles. The molecule has 4 atom stereocenters. The molecule has 0 aliphatic carbocycles. The van der Waals surface area contributed by atoms with Gasteiger partial charge >= 0.3 is 12.4 Å². The average molecular weight is 416 g/mol. The summed E-state index contributed by atoms with van der Waals surface area (Å²) >= 11 is 18.3. The van der Waals surface area contributed by atoms with Gasteiger partial charge in [0.15, 0.2) is 10.6 Å². The van der Waals surface area contributed by atoms with E-state index in [4.69, 9.17) is 59.1 Å². The molecular weight excluding hydrogens is 400 g/mol. The Morgan fingerprint density at radius 1 is 1.58 bits per heavy atom. The second kappa shape index (κ2) is 6.48. The molecule has 1 aromatic heterocycles. The van der Waals surface area contributed by atoms with Gasteiger partial charge in [-0.25, -0.2) is 4.79 Å². The van der Waals surface area contributed by atoms with Gasteiger partial charge < -0.3 is 19.5 Å². The first-order valence-corrected chi connectivity index (χ1v) is 10.4. The standard InChI is InChI=1S/C12H16Cl2N3O5PS/c1-6(2)21-23(24)19-5-7-9(22-23)12(13,14)10(20-7)17-4-3-8(15)16-11(17)18/h3-4,6-7,9-10H,5H2,1-2H3,(H2,15,16,18)/t7-,9-,10-,23?/m1/s1. The topological polar surface area (TPSA) is 97.8 Å². The van der Waals surface area contributed by atoms with Crippen LogP contribution >= 0.6 is 29.9 Å². The van der Waals surface area contributed by atoms with Crippen LogP contribution in [-0.2, 0) is 30.1 Å². The highest BCUT2D eigenvalue weighted by atomic mass is 35.5. The lowest BCUT2D eigenvalue weighted by molar-refractivity contribution is -0.0650. The normalized spacial score (nSPS) is 35.1. The van der Waals surface area contributed by atoms with Crippen LogP contribution in [-0.4, -0.2) is 38.8 Å². The van der Waals surface area contributed by atoms with E-state index in [0.29, 0.717) is 0 Å². The lowest BCUT2D eigenvalue weighted by Gasteiger charge is -2.36. The zero-order valence-corrected chi connectivity index (χ0v) is 16.0. The Morgan fingerprint density at radius 3 is 2.92 bits per heavy atom. The molecule has 1 aromatic rings. The summed E-state index contributed by atoms with van der Waals surface area (Å²) in [6.45, 7) is 0.734. The maximum atomic E-state index is 12.1. The Hall–Kier alpha value is -0.250. The first-order chi connectivity index (χ1) is 11.1. The van der Waals surface area contributed by atoms with Gasteiger partial charge in [0.05, 0.1) is 12.7 Å². The number of anilines is 1. The van der Waals surface area contributed by atoms with Crippen LogP contribution in [0.5, 0.6) is 0 Å². The zero-order valence-electron chi connectivity index (χ0n) is 12.8. The third-order valence-electron chi connectivity index (χ3n) is 3.43. The van der Waals surface area contributed by atoms with E-state index in [1.807, 2.05) is 13.8 Å². The highest BCUT2D eigenvalue weighted by Crippen LogP contribution is 2.61. The van der Waals surface area contributed by atoms with Crippen molar-refractivity contribution in [3.8, 4) is 0 Å². The number of rotatable bonds is 3. The van der Waals surface area contributed by atoms with E-state index in [2.05, 4.69) is 4.98 Å². The molecule has 0 spiro atoms. The summed E-state index contributed by atoms with van der Waals surface area (Å²) in [6, 6.07) is 1.44. The number of nitrogen functional groups attached to an aromatic ring is 1. The maximum absolute atomic E-state index is 12.1. The molecule has 0 bridgehead atoms. The largest absolute Gasteiger partial charge is 0.383 e. The van der Waals surface area contributed by atoms with Crippen molar-refractivity contribution in [1.29, 1.82) is 0 Å². The van der Waals surface area contributed by atoms with Gasteiger partial charge in [-0.2, -0.15) is 4.98 Å². The molecule has 24 heavy (non-hydrogen) atoms. The fourth-order valence-corrected chi connectivity index (χ4v) is 5.87. The molecule has 2 aliphatic rings. The lowest BCUT2D eigenvalue weighted by atomic mass is 10.2. The van der Waals surface area contributed by atoms with Crippen molar-refractivity contribution in [2.24, 2.45) is 0 Å². The van der Waals surface area contributed by atoms with Crippen LogP contribution < -0.4 is 11.4 Å². The smallest absolute Gasteiger partial charge is 0.351 e. The summed E-state index contributed by atoms with van der Waals surface area (Å²) in [7, 11) is 0. The number of hydrogen-bond acceptors (Lipinski definition) is 8. The summed E-state index contributed by atoms with van der Waals surface area (Å²) in [4.78, 5) is 15.7. The van der Waals surface area contributed by atoms with Gasteiger partial charge in [-0.05, 0) is 31.7 Å². The van der Waals surface area contributed by atoms with Crippen LogP contribution in [0, 0.1) is 0 Å². The predicted octanol–water partition coefficient (Wildman–Crippen LogP) is 1.96. The number of fused-ring (bicyclic) bond motifs is 1. The molecule has 2 aliphatic heterocycles. The SMILES string of the molecule is CC(C)OP1(=S)OC[C@H]2O[C@@H](n3ccc(N)nc3=O)C(Cl)(Cl)[C@@H]2O1. The van der Waals surface area contributed by atoms with Crippen LogP contribution in [0.15, 0.2) is 17.1 Å². The molecule has 8 nitrogen and oxygen atoms in total.